The highest BCUT2D eigenvalue weighted by Crippen LogP contribution is 2.20. The normalized spacial score (nSPS) is 10.8. The number of nitrogens with one attached hydrogen (secondary N) is 2. The third-order valence-electron chi connectivity index (χ3n) is 3.00. The van der Waals surface area contributed by atoms with Crippen LogP contribution in [0.25, 0.3) is 17.1 Å². The van der Waals surface area contributed by atoms with Gasteiger partial charge in [0.25, 0.3) is 0 Å². The zero-order valence-corrected chi connectivity index (χ0v) is 13.5. The van der Waals surface area contributed by atoms with Crippen LogP contribution in [0.15, 0.2) is 54.6 Å². The number of thiocarbonyl (C=S) groups is 1. The Morgan fingerprint density at radius 3 is 2.74 bits per heavy atom. The van der Waals surface area contributed by atoms with Crippen LogP contribution >= 0.6 is 23.9 Å². The van der Waals surface area contributed by atoms with E-state index in [2.05, 4.69) is 19.4 Å². The van der Waals surface area contributed by atoms with Crippen molar-refractivity contribution in [3.05, 3.63) is 60.2 Å². The molecule has 0 aliphatic carbocycles. The summed E-state index contributed by atoms with van der Waals surface area (Å²) in [5.74, 6) is -0.296. The molecule has 3 rings (SSSR count). The van der Waals surface area contributed by atoms with Gasteiger partial charge in [0, 0.05) is 6.08 Å². The van der Waals surface area contributed by atoms with Gasteiger partial charge in [-0.25, -0.2) is 0 Å². The van der Waals surface area contributed by atoms with Gasteiger partial charge in [0.05, 0.1) is 17.4 Å². The fourth-order valence-corrected chi connectivity index (χ4v) is 2.71. The van der Waals surface area contributed by atoms with E-state index in [1.54, 1.807) is 6.08 Å². The SMILES string of the molecule is O=C(/C=C/c1ccccc1)NC(=S)Nc1cccc2nsnc12. The Morgan fingerprint density at radius 2 is 1.91 bits per heavy atom. The summed E-state index contributed by atoms with van der Waals surface area (Å²) in [5, 5.41) is 5.79. The molecule has 0 bridgehead atoms. The minimum Gasteiger partial charge on any atom is -0.331 e. The van der Waals surface area contributed by atoms with Crippen LogP contribution in [0.1, 0.15) is 5.56 Å². The molecule has 0 aliphatic rings. The molecule has 1 amide bonds. The third-order valence-corrected chi connectivity index (χ3v) is 3.74. The lowest BCUT2D eigenvalue weighted by Gasteiger charge is -2.08. The molecule has 0 fully saturated rings. The molecule has 0 saturated carbocycles. The standard InChI is InChI=1S/C16H12N4OS2/c21-14(10-9-11-5-2-1-3-6-11)18-16(22)17-12-7-4-8-13-15(12)20-23-19-13/h1-10H,(H2,17,18,21,22)/b10-9+. The first-order chi connectivity index (χ1) is 11.2. The Balaban J connectivity index is 1.62. The van der Waals surface area contributed by atoms with Crippen molar-refractivity contribution < 1.29 is 4.79 Å². The summed E-state index contributed by atoms with van der Waals surface area (Å²) in [4.78, 5) is 11.9. The van der Waals surface area contributed by atoms with E-state index in [4.69, 9.17) is 12.2 Å². The molecule has 2 aromatic carbocycles. The van der Waals surface area contributed by atoms with Crippen molar-refractivity contribution in [2.45, 2.75) is 0 Å². The molecule has 7 heteroatoms. The molecule has 1 aromatic heterocycles. The van der Waals surface area contributed by atoms with Gasteiger partial charge in [-0.2, -0.15) is 8.75 Å². The number of hydrogen-bond acceptors (Lipinski definition) is 5. The average molecular weight is 340 g/mol. The lowest BCUT2D eigenvalue weighted by molar-refractivity contribution is -0.115. The Bertz CT molecular complexity index is 874. The van der Waals surface area contributed by atoms with Crippen LogP contribution in [-0.2, 0) is 4.79 Å². The summed E-state index contributed by atoms with van der Waals surface area (Å²) in [7, 11) is 0. The lowest BCUT2D eigenvalue weighted by Crippen LogP contribution is -2.32. The number of carbonyl (C=O) groups is 1. The molecule has 1 heterocycles. The number of benzene rings is 2. The monoisotopic (exact) mass is 340 g/mol. The molecule has 5 nitrogen and oxygen atoms in total. The van der Waals surface area contributed by atoms with Crippen LogP contribution in [0.5, 0.6) is 0 Å². The van der Waals surface area contributed by atoms with E-state index in [9.17, 15) is 4.79 Å². The second-order valence-electron chi connectivity index (χ2n) is 4.62. The molecule has 0 aliphatic heterocycles. The van der Waals surface area contributed by atoms with Gasteiger partial charge in [-0.15, -0.1) is 0 Å². The average Bonchev–Trinajstić information content (AvgIpc) is 3.03. The molecule has 3 aromatic rings. The topological polar surface area (TPSA) is 66.9 Å². The zero-order chi connectivity index (χ0) is 16.1. The smallest absolute Gasteiger partial charge is 0.250 e. The fraction of sp³-hybridized carbons (Fsp3) is 0. The molecular weight excluding hydrogens is 328 g/mol. The quantitative estimate of drug-likeness (QED) is 0.566. The number of nitrogens with zero attached hydrogens (tertiary/aromatic N) is 2. The highest BCUT2D eigenvalue weighted by Gasteiger charge is 2.07. The number of rotatable bonds is 3. The van der Waals surface area contributed by atoms with Crippen LogP contribution in [-0.4, -0.2) is 19.8 Å². The molecule has 23 heavy (non-hydrogen) atoms. The maximum atomic E-state index is 11.9. The maximum absolute atomic E-state index is 11.9. The van der Waals surface area contributed by atoms with E-state index in [1.807, 2.05) is 48.5 Å². The van der Waals surface area contributed by atoms with Gasteiger partial charge < -0.3 is 5.32 Å². The van der Waals surface area contributed by atoms with Crippen molar-refractivity contribution in [1.82, 2.24) is 14.1 Å². The second-order valence-corrected chi connectivity index (χ2v) is 5.56. The summed E-state index contributed by atoms with van der Waals surface area (Å²) in [5.41, 5.74) is 3.18. The van der Waals surface area contributed by atoms with E-state index in [-0.39, 0.29) is 11.0 Å². The molecule has 114 valence electrons. The first-order valence-electron chi connectivity index (χ1n) is 6.79. The van der Waals surface area contributed by atoms with Crippen LogP contribution in [0.2, 0.25) is 0 Å². The maximum Gasteiger partial charge on any atom is 0.250 e. The predicted octanol–water partition coefficient (Wildman–Crippen LogP) is 3.22. The minimum absolute atomic E-state index is 0.216. The zero-order valence-electron chi connectivity index (χ0n) is 11.9. The van der Waals surface area contributed by atoms with Crippen LogP contribution < -0.4 is 10.6 Å². The fourth-order valence-electron chi connectivity index (χ4n) is 1.95. The van der Waals surface area contributed by atoms with Crippen LogP contribution in [0.3, 0.4) is 0 Å². The van der Waals surface area contributed by atoms with Gasteiger partial charge in [-0.3, -0.25) is 10.1 Å². The number of carbonyl (C=O) groups excluding carboxylic acids is 1. The molecule has 0 radical (unpaired) electrons. The summed E-state index contributed by atoms with van der Waals surface area (Å²) >= 11 is 6.29. The van der Waals surface area contributed by atoms with Crippen molar-refractivity contribution in [2.24, 2.45) is 0 Å². The van der Waals surface area contributed by atoms with Gasteiger partial charge in [-0.1, -0.05) is 36.4 Å². The molecular formula is C16H12N4OS2. The van der Waals surface area contributed by atoms with Crippen molar-refractivity contribution in [3.8, 4) is 0 Å². The Morgan fingerprint density at radius 1 is 1.09 bits per heavy atom. The number of anilines is 1. The first-order valence-corrected chi connectivity index (χ1v) is 7.92. The first kappa shape index (κ1) is 15.3. The van der Waals surface area contributed by atoms with Crippen molar-refractivity contribution in [3.63, 3.8) is 0 Å². The van der Waals surface area contributed by atoms with E-state index < -0.39 is 0 Å². The number of hydrogen-bond donors (Lipinski definition) is 2. The molecule has 2 N–H and O–H groups in total. The molecule has 0 atom stereocenters. The van der Waals surface area contributed by atoms with E-state index in [1.165, 1.54) is 6.08 Å². The van der Waals surface area contributed by atoms with Gasteiger partial charge in [0.15, 0.2) is 5.11 Å². The summed E-state index contributed by atoms with van der Waals surface area (Å²) in [6.07, 6.45) is 3.16. The van der Waals surface area contributed by atoms with Gasteiger partial charge >= 0.3 is 0 Å². The Hall–Kier alpha value is -2.64. The highest BCUT2D eigenvalue weighted by molar-refractivity contribution is 7.80. The lowest BCUT2D eigenvalue weighted by atomic mass is 10.2. The van der Waals surface area contributed by atoms with E-state index in [0.717, 1.165) is 28.3 Å². The van der Waals surface area contributed by atoms with E-state index in [0.29, 0.717) is 5.69 Å². The van der Waals surface area contributed by atoms with Crippen LogP contribution in [0, 0.1) is 0 Å². The van der Waals surface area contributed by atoms with Gasteiger partial charge in [-0.05, 0) is 36.0 Å². The number of aromatic nitrogens is 2. The van der Waals surface area contributed by atoms with Crippen LogP contribution in [0.4, 0.5) is 5.69 Å². The second kappa shape index (κ2) is 7.08. The minimum atomic E-state index is -0.296. The molecule has 0 unspecified atom stereocenters. The van der Waals surface area contributed by atoms with Gasteiger partial charge in [0.2, 0.25) is 5.91 Å². The number of amides is 1. The Labute approximate surface area is 142 Å². The third kappa shape index (κ3) is 3.97. The highest BCUT2D eigenvalue weighted by atomic mass is 32.1. The largest absolute Gasteiger partial charge is 0.331 e. The van der Waals surface area contributed by atoms with Crippen molar-refractivity contribution in [1.29, 1.82) is 0 Å². The summed E-state index contributed by atoms with van der Waals surface area (Å²) in [6, 6.07) is 15.1. The van der Waals surface area contributed by atoms with Gasteiger partial charge in [0.1, 0.15) is 11.0 Å². The Kier molecular flexibility index (Phi) is 4.70. The molecule has 0 spiro atoms. The van der Waals surface area contributed by atoms with E-state index >= 15 is 0 Å². The predicted molar refractivity (Wildman–Crippen MR) is 97.3 cm³/mol. The van der Waals surface area contributed by atoms with Crippen molar-refractivity contribution >= 4 is 57.8 Å². The summed E-state index contributed by atoms with van der Waals surface area (Å²) < 4.78 is 8.37. The summed E-state index contributed by atoms with van der Waals surface area (Å²) in [6.45, 7) is 0. The van der Waals surface area contributed by atoms with Crippen molar-refractivity contribution in [2.75, 3.05) is 5.32 Å². The number of fused-ring (bicyclic) bond motifs is 1. The molecule has 0 saturated heterocycles.